The van der Waals surface area contributed by atoms with Crippen molar-refractivity contribution < 1.29 is 29.0 Å². The average molecular weight is 513 g/mol. The summed E-state index contributed by atoms with van der Waals surface area (Å²) in [5.41, 5.74) is 1.14. The summed E-state index contributed by atoms with van der Waals surface area (Å²) in [4.78, 5) is 38.6. The second-order valence-corrected chi connectivity index (χ2v) is 8.27. The first-order chi connectivity index (χ1) is 16.8. The Morgan fingerprint density at radius 1 is 1.00 bits per heavy atom. The molecule has 35 heavy (non-hydrogen) atoms. The van der Waals surface area contributed by atoms with Crippen molar-refractivity contribution in [1.82, 2.24) is 5.32 Å². The van der Waals surface area contributed by atoms with Crippen LogP contribution in [0.1, 0.15) is 11.1 Å². The van der Waals surface area contributed by atoms with Crippen LogP contribution < -0.4 is 19.7 Å². The number of phenols is 1. The van der Waals surface area contributed by atoms with Crippen molar-refractivity contribution in [2.24, 2.45) is 0 Å². The van der Waals surface area contributed by atoms with Crippen molar-refractivity contribution in [3.63, 3.8) is 0 Å². The Morgan fingerprint density at radius 3 is 2.34 bits per heavy atom. The molecule has 1 saturated heterocycles. The summed E-state index contributed by atoms with van der Waals surface area (Å²) in [6.45, 7) is 0.207. The van der Waals surface area contributed by atoms with Crippen LogP contribution in [0.5, 0.6) is 17.2 Å². The number of rotatable bonds is 6. The number of urea groups is 1. The third kappa shape index (κ3) is 5.24. The molecular weight excluding hydrogens is 495 g/mol. The molecule has 0 radical (unpaired) electrons. The van der Waals surface area contributed by atoms with Gasteiger partial charge in [0.15, 0.2) is 11.5 Å². The monoisotopic (exact) mass is 512 g/mol. The van der Waals surface area contributed by atoms with Crippen LogP contribution in [0, 0.1) is 0 Å². The number of hydrogen-bond acceptors (Lipinski definition) is 6. The zero-order chi connectivity index (χ0) is 25.1. The number of ether oxygens (including phenoxy) is 2. The van der Waals surface area contributed by atoms with Gasteiger partial charge < -0.3 is 14.6 Å². The summed E-state index contributed by atoms with van der Waals surface area (Å²) in [5.74, 6) is -1.15. The first kappa shape index (κ1) is 24.1. The molecule has 0 spiro atoms. The molecule has 1 heterocycles. The molecule has 4 amide bonds. The Kier molecular flexibility index (Phi) is 6.95. The fourth-order valence-electron chi connectivity index (χ4n) is 3.36. The van der Waals surface area contributed by atoms with Gasteiger partial charge in [-0.15, -0.1) is 0 Å². The maximum Gasteiger partial charge on any atom is 0.335 e. The molecule has 4 rings (SSSR count). The van der Waals surface area contributed by atoms with Gasteiger partial charge in [0, 0.05) is 5.02 Å². The zero-order valence-corrected chi connectivity index (χ0v) is 19.8. The van der Waals surface area contributed by atoms with E-state index in [0.717, 1.165) is 10.5 Å². The molecule has 1 aliphatic heterocycles. The predicted molar refractivity (Wildman–Crippen MR) is 131 cm³/mol. The van der Waals surface area contributed by atoms with Gasteiger partial charge in [0.1, 0.15) is 17.9 Å². The van der Waals surface area contributed by atoms with Gasteiger partial charge in [-0.1, -0.05) is 35.3 Å². The van der Waals surface area contributed by atoms with Gasteiger partial charge >= 0.3 is 6.03 Å². The van der Waals surface area contributed by atoms with Gasteiger partial charge in [-0.2, -0.15) is 0 Å². The number of nitrogens with one attached hydrogen (secondary N) is 1. The van der Waals surface area contributed by atoms with Gasteiger partial charge in [0.05, 0.1) is 17.8 Å². The highest BCUT2D eigenvalue weighted by atomic mass is 35.5. The number of hydrogen-bond donors (Lipinski definition) is 2. The maximum absolute atomic E-state index is 13.0. The van der Waals surface area contributed by atoms with Crippen LogP contribution in [0.2, 0.25) is 10.0 Å². The van der Waals surface area contributed by atoms with Crippen molar-refractivity contribution in [2.45, 2.75) is 6.61 Å². The molecule has 3 aromatic rings. The molecule has 0 saturated carbocycles. The number of barbiturate groups is 1. The van der Waals surface area contributed by atoms with Crippen molar-refractivity contribution in [3.8, 4) is 17.2 Å². The first-order valence-electron chi connectivity index (χ1n) is 10.2. The fraction of sp³-hybridized carbons (Fsp3) is 0.0800. The number of halogens is 2. The normalized spacial score (nSPS) is 14.8. The van der Waals surface area contributed by atoms with E-state index in [9.17, 15) is 19.5 Å². The molecule has 178 valence electrons. The van der Waals surface area contributed by atoms with E-state index in [0.29, 0.717) is 10.6 Å². The average Bonchev–Trinajstić information content (AvgIpc) is 2.83. The summed E-state index contributed by atoms with van der Waals surface area (Å²) in [7, 11) is 1.43. The Bertz CT molecular complexity index is 1340. The van der Waals surface area contributed by atoms with Crippen molar-refractivity contribution >= 4 is 52.8 Å². The molecule has 0 aliphatic carbocycles. The Labute approximate surface area is 210 Å². The number of methoxy groups -OCH3 is 1. The summed E-state index contributed by atoms with van der Waals surface area (Å²) >= 11 is 12.3. The van der Waals surface area contributed by atoms with E-state index in [1.807, 2.05) is 12.1 Å². The van der Waals surface area contributed by atoms with Crippen LogP contribution in [-0.4, -0.2) is 30.1 Å². The molecule has 1 fully saturated rings. The Balaban J connectivity index is 1.63. The number of phenolic OH excluding ortho intramolecular Hbond substituents is 1. The van der Waals surface area contributed by atoms with E-state index >= 15 is 0 Å². The summed E-state index contributed by atoms with van der Waals surface area (Å²) in [6.07, 6.45) is 1.30. The number of imide groups is 2. The zero-order valence-electron chi connectivity index (χ0n) is 18.2. The predicted octanol–water partition coefficient (Wildman–Crippen LogP) is 4.95. The van der Waals surface area contributed by atoms with Crippen molar-refractivity contribution in [1.29, 1.82) is 0 Å². The molecule has 2 N–H and O–H groups in total. The van der Waals surface area contributed by atoms with E-state index in [1.165, 1.54) is 43.5 Å². The third-order valence-electron chi connectivity index (χ3n) is 5.07. The van der Waals surface area contributed by atoms with E-state index in [1.54, 1.807) is 18.2 Å². The van der Waals surface area contributed by atoms with Crippen molar-refractivity contribution in [3.05, 3.63) is 87.4 Å². The number of anilines is 1. The third-order valence-corrected chi connectivity index (χ3v) is 5.60. The van der Waals surface area contributed by atoms with Gasteiger partial charge in [0.25, 0.3) is 11.8 Å². The van der Waals surface area contributed by atoms with Gasteiger partial charge in [0.2, 0.25) is 0 Å². The Hall–Kier alpha value is -4.01. The highest BCUT2D eigenvalue weighted by molar-refractivity contribution is 6.39. The molecular formula is C25H18Cl2N2O6. The molecule has 0 unspecified atom stereocenters. The topological polar surface area (TPSA) is 105 Å². The summed E-state index contributed by atoms with van der Waals surface area (Å²) in [6, 6.07) is 14.7. The number of carbonyl (C=O) groups excluding carboxylic acids is 3. The van der Waals surface area contributed by atoms with Crippen LogP contribution in [0.3, 0.4) is 0 Å². The minimum absolute atomic E-state index is 0.0365. The second kappa shape index (κ2) is 10.1. The number of aromatic hydroxyl groups is 1. The number of carbonyl (C=O) groups is 3. The molecule has 0 bridgehead atoms. The minimum atomic E-state index is -0.899. The largest absolute Gasteiger partial charge is 0.508 e. The second-order valence-electron chi connectivity index (χ2n) is 7.42. The smallest absolute Gasteiger partial charge is 0.335 e. The van der Waals surface area contributed by atoms with E-state index < -0.39 is 17.8 Å². The number of benzene rings is 3. The van der Waals surface area contributed by atoms with Crippen LogP contribution >= 0.6 is 23.2 Å². The lowest BCUT2D eigenvalue weighted by Gasteiger charge is -2.26. The lowest BCUT2D eigenvalue weighted by atomic mass is 10.1. The van der Waals surface area contributed by atoms with E-state index in [2.05, 4.69) is 5.32 Å². The van der Waals surface area contributed by atoms with Crippen LogP contribution in [0.25, 0.3) is 6.08 Å². The number of nitrogens with zero attached hydrogens (tertiary/aromatic N) is 1. The van der Waals surface area contributed by atoms with Gasteiger partial charge in [-0.05, 0) is 65.7 Å². The lowest BCUT2D eigenvalue weighted by Crippen LogP contribution is -2.54. The van der Waals surface area contributed by atoms with Crippen LogP contribution in [0.4, 0.5) is 10.5 Å². The highest BCUT2D eigenvalue weighted by Gasteiger charge is 2.36. The molecule has 8 nitrogen and oxygen atoms in total. The molecule has 1 aliphatic rings. The van der Waals surface area contributed by atoms with Gasteiger partial charge in [-0.3, -0.25) is 14.9 Å². The van der Waals surface area contributed by atoms with E-state index in [4.69, 9.17) is 32.7 Å². The first-order valence-corrected chi connectivity index (χ1v) is 11.0. The van der Waals surface area contributed by atoms with E-state index in [-0.39, 0.29) is 40.1 Å². The maximum atomic E-state index is 13.0. The van der Waals surface area contributed by atoms with Crippen LogP contribution in [0.15, 0.2) is 66.2 Å². The summed E-state index contributed by atoms with van der Waals surface area (Å²) in [5, 5.41) is 12.4. The molecule has 0 aromatic heterocycles. The standard InChI is InChI=1S/C25H18Cl2N2O6/c1-34-21-12-15(11-20(27)22(21)35-13-14-2-4-16(26)5-3-14)10-19-23(31)28-25(33)29(24(19)32)17-6-8-18(30)9-7-17/h2-12,30H,13H2,1H3,(H,28,31,33)/b19-10+. The lowest BCUT2D eigenvalue weighted by molar-refractivity contribution is -0.122. The fourth-order valence-corrected chi connectivity index (χ4v) is 3.76. The van der Waals surface area contributed by atoms with Crippen LogP contribution in [-0.2, 0) is 16.2 Å². The quantitative estimate of drug-likeness (QED) is 0.357. The highest BCUT2D eigenvalue weighted by Crippen LogP contribution is 2.38. The minimum Gasteiger partial charge on any atom is -0.508 e. The molecule has 3 aromatic carbocycles. The Morgan fingerprint density at radius 2 is 1.69 bits per heavy atom. The molecule has 0 atom stereocenters. The molecule has 10 heteroatoms. The summed E-state index contributed by atoms with van der Waals surface area (Å²) < 4.78 is 11.2. The SMILES string of the molecule is COc1cc(/C=C2\C(=O)NC(=O)N(c3ccc(O)cc3)C2=O)cc(Cl)c1OCc1ccc(Cl)cc1. The van der Waals surface area contributed by atoms with Gasteiger partial charge in [-0.25, -0.2) is 9.69 Å². The van der Waals surface area contributed by atoms with Crippen molar-refractivity contribution in [2.75, 3.05) is 12.0 Å². The number of amides is 4.